The molecule has 18 heavy (non-hydrogen) atoms. The molecule has 1 amide bonds. The van der Waals surface area contributed by atoms with Gasteiger partial charge in [0.2, 0.25) is 5.95 Å². The number of nitrogens with one attached hydrogen (secondary N) is 2. The van der Waals surface area contributed by atoms with Crippen molar-refractivity contribution in [2.45, 2.75) is 6.92 Å². The van der Waals surface area contributed by atoms with Crippen molar-refractivity contribution in [1.82, 2.24) is 20.2 Å². The molecule has 0 bridgehead atoms. The van der Waals surface area contributed by atoms with E-state index in [1.807, 2.05) is 6.92 Å². The molecule has 0 saturated carbocycles. The first kappa shape index (κ1) is 12.3. The van der Waals surface area contributed by atoms with Crippen molar-refractivity contribution < 1.29 is 9.53 Å². The average molecular weight is 268 g/mol. The van der Waals surface area contributed by atoms with Gasteiger partial charge in [0.15, 0.2) is 0 Å². The Balaban J connectivity index is 2.09. The van der Waals surface area contributed by atoms with Crippen LogP contribution in [0.2, 0.25) is 5.15 Å². The quantitative estimate of drug-likeness (QED) is 0.819. The van der Waals surface area contributed by atoms with Crippen LogP contribution >= 0.6 is 11.6 Å². The summed E-state index contributed by atoms with van der Waals surface area (Å²) in [7, 11) is 0. The number of aromatic nitrogens is 4. The number of hydrogen-bond donors (Lipinski definition) is 2. The normalized spacial score (nSPS) is 10.1. The molecule has 7 nitrogen and oxygen atoms in total. The molecule has 0 atom stereocenters. The third kappa shape index (κ3) is 2.75. The largest absolute Gasteiger partial charge is 0.463 e. The predicted octanol–water partition coefficient (Wildman–Crippen LogP) is 1.50. The summed E-state index contributed by atoms with van der Waals surface area (Å²) in [5.41, 5.74) is 0.258. The maximum atomic E-state index is 11.8. The Kier molecular flexibility index (Phi) is 3.73. The topological polar surface area (TPSA) is 92.8 Å². The summed E-state index contributed by atoms with van der Waals surface area (Å²) in [5.74, 6) is -0.240. The molecule has 94 valence electrons. The fourth-order valence-electron chi connectivity index (χ4n) is 1.23. The second-order valence-corrected chi connectivity index (χ2v) is 3.55. The molecule has 8 heteroatoms. The lowest BCUT2D eigenvalue weighted by Crippen LogP contribution is -2.13. The van der Waals surface area contributed by atoms with Gasteiger partial charge in [0.05, 0.1) is 12.2 Å². The van der Waals surface area contributed by atoms with Gasteiger partial charge in [0.25, 0.3) is 5.91 Å². The molecule has 0 fully saturated rings. The second-order valence-electron chi connectivity index (χ2n) is 3.20. The lowest BCUT2D eigenvalue weighted by atomic mass is 10.3. The maximum absolute atomic E-state index is 11.8. The highest BCUT2D eigenvalue weighted by molar-refractivity contribution is 6.33. The molecule has 2 rings (SSSR count). The van der Waals surface area contributed by atoms with Gasteiger partial charge in [-0.25, -0.2) is 10.1 Å². The van der Waals surface area contributed by atoms with Gasteiger partial charge < -0.3 is 4.74 Å². The summed E-state index contributed by atoms with van der Waals surface area (Å²) in [6.45, 7) is 2.25. The number of nitrogens with zero attached hydrogens (tertiary/aromatic N) is 3. The Hall–Kier alpha value is -2.15. The highest BCUT2D eigenvalue weighted by Gasteiger charge is 2.13. The first-order chi connectivity index (χ1) is 8.70. The van der Waals surface area contributed by atoms with Crippen LogP contribution in [0.5, 0.6) is 6.01 Å². The van der Waals surface area contributed by atoms with E-state index in [-0.39, 0.29) is 22.7 Å². The third-order valence-corrected chi connectivity index (χ3v) is 2.28. The molecule has 0 radical (unpaired) electrons. The third-order valence-electron chi connectivity index (χ3n) is 1.97. The molecule has 2 aromatic rings. The minimum absolute atomic E-state index is 0.125. The van der Waals surface area contributed by atoms with E-state index in [4.69, 9.17) is 16.3 Å². The van der Waals surface area contributed by atoms with E-state index in [0.717, 1.165) is 0 Å². The fourth-order valence-corrected chi connectivity index (χ4v) is 1.43. The van der Waals surface area contributed by atoms with Crippen molar-refractivity contribution in [2.75, 3.05) is 11.9 Å². The monoisotopic (exact) mass is 267 g/mol. The molecule has 2 heterocycles. The predicted molar refractivity (Wildman–Crippen MR) is 64.8 cm³/mol. The Morgan fingerprint density at radius 1 is 1.61 bits per heavy atom. The molecular formula is C10H10ClN5O2. The van der Waals surface area contributed by atoms with Gasteiger partial charge in [-0.15, -0.1) is 5.10 Å². The van der Waals surface area contributed by atoms with Crippen LogP contribution in [0.1, 0.15) is 17.3 Å². The Morgan fingerprint density at radius 3 is 3.17 bits per heavy atom. The Labute approximate surface area is 108 Å². The van der Waals surface area contributed by atoms with Crippen LogP contribution in [0.15, 0.2) is 18.3 Å². The molecule has 0 aliphatic rings. The molecule has 2 aromatic heterocycles. The van der Waals surface area contributed by atoms with Crippen molar-refractivity contribution in [3.8, 4) is 6.01 Å². The lowest BCUT2D eigenvalue weighted by Gasteiger charge is -2.02. The first-order valence-electron chi connectivity index (χ1n) is 5.17. The minimum atomic E-state index is -0.424. The Morgan fingerprint density at radius 2 is 2.44 bits per heavy atom. The highest BCUT2D eigenvalue weighted by atomic mass is 35.5. The second kappa shape index (κ2) is 5.46. The lowest BCUT2D eigenvalue weighted by molar-refractivity contribution is 0.102. The molecule has 0 saturated heterocycles. The summed E-state index contributed by atoms with van der Waals surface area (Å²) < 4.78 is 5.05. The van der Waals surface area contributed by atoms with Gasteiger partial charge >= 0.3 is 6.01 Å². The van der Waals surface area contributed by atoms with E-state index < -0.39 is 5.91 Å². The van der Waals surface area contributed by atoms with E-state index in [0.29, 0.717) is 6.61 Å². The number of rotatable bonds is 4. The molecule has 0 spiro atoms. The standard InChI is InChI=1S/C10H10ClN5O2/c1-2-18-10-14-9(15-16-10)13-8(17)6-4-3-5-12-7(6)11/h3-5H,2H2,1H3,(H2,13,14,15,16,17). The molecular weight excluding hydrogens is 258 g/mol. The number of anilines is 1. The van der Waals surface area contributed by atoms with Gasteiger partial charge in [0.1, 0.15) is 5.15 Å². The van der Waals surface area contributed by atoms with E-state index in [9.17, 15) is 4.79 Å². The van der Waals surface area contributed by atoms with Crippen molar-refractivity contribution in [2.24, 2.45) is 0 Å². The number of hydrogen-bond acceptors (Lipinski definition) is 5. The summed E-state index contributed by atoms with van der Waals surface area (Å²) >= 11 is 5.80. The summed E-state index contributed by atoms with van der Waals surface area (Å²) in [6, 6.07) is 3.35. The summed E-state index contributed by atoms with van der Waals surface area (Å²) in [4.78, 5) is 19.6. The SMILES string of the molecule is CCOc1n[nH]c(NC(=O)c2cccnc2Cl)n1. The van der Waals surface area contributed by atoms with Crippen molar-refractivity contribution in [3.05, 3.63) is 29.0 Å². The minimum Gasteiger partial charge on any atom is -0.463 e. The number of pyridine rings is 1. The molecule has 0 aliphatic heterocycles. The van der Waals surface area contributed by atoms with Gasteiger partial charge in [-0.3, -0.25) is 10.1 Å². The summed E-state index contributed by atoms with van der Waals surface area (Å²) in [5, 5.41) is 8.91. The first-order valence-corrected chi connectivity index (χ1v) is 5.55. The van der Waals surface area contributed by atoms with Crippen LogP contribution in [0, 0.1) is 0 Å². The molecule has 0 unspecified atom stereocenters. The number of H-pyrrole nitrogens is 1. The van der Waals surface area contributed by atoms with Crippen molar-refractivity contribution in [1.29, 1.82) is 0 Å². The zero-order valence-corrected chi connectivity index (χ0v) is 10.2. The van der Waals surface area contributed by atoms with E-state index in [1.165, 1.54) is 6.20 Å². The Bertz CT molecular complexity index is 557. The van der Waals surface area contributed by atoms with E-state index in [2.05, 4.69) is 25.5 Å². The van der Waals surface area contributed by atoms with Crippen molar-refractivity contribution >= 4 is 23.5 Å². The van der Waals surface area contributed by atoms with Crippen LogP contribution in [0.4, 0.5) is 5.95 Å². The smallest absolute Gasteiger partial charge is 0.337 e. The number of aromatic amines is 1. The van der Waals surface area contributed by atoms with Crippen LogP contribution in [-0.2, 0) is 0 Å². The van der Waals surface area contributed by atoms with Crippen LogP contribution in [-0.4, -0.2) is 32.7 Å². The van der Waals surface area contributed by atoms with Gasteiger partial charge in [-0.1, -0.05) is 11.6 Å². The van der Waals surface area contributed by atoms with Crippen LogP contribution in [0.3, 0.4) is 0 Å². The van der Waals surface area contributed by atoms with E-state index in [1.54, 1.807) is 12.1 Å². The van der Waals surface area contributed by atoms with Crippen molar-refractivity contribution in [3.63, 3.8) is 0 Å². The highest BCUT2D eigenvalue weighted by Crippen LogP contribution is 2.13. The van der Waals surface area contributed by atoms with Gasteiger partial charge in [-0.2, -0.15) is 4.98 Å². The van der Waals surface area contributed by atoms with E-state index >= 15 is 0 Å². The fraction of sp³-hybridized carbons (Fsp3) is 0.200. The van der Waals surface area contributed by atoms with Gasteiger partial charge in [0, 0.05) is 6.20 Å². The zero-order chi connectivity index (χ0) is 13.0. The number of ether oxygens (including phenoxy) is 1. The van der Waals surface area contributed by atoms with Gasteiger partial charge in [-0.05, 0) is 19.1 Å². The number of halogens is 1. The molecule has 0 aromatic carbocycles. The summed E-state index contributed by atoms with van der Waals surface area (Å²) in [6.07, 6.45) is 1.50. The number of carbonyl (C=O) groups is 1. The van der Waals surface area contributed by atoms with Crippen LogP contribution < -0.4 is 10.1 Å². The maximum Gasteiger partial charge on any atom is 0.337 e. The average Bonchev–Trinajstić information content (AvgIpc) is 2.77. The number of carbonyl (C=O) groups excluding carboxylic acids is 1. The number of amides is 1. The van der Waals surface area contributed by atoms with Crippen LogP contribution in [0.25, 0.3) is 0 Å². The molecule has 2 N–H and O–H groups in total. The zero-order valence-electron chi connectivity index (χ0n) is 9.48. The molecule has 0 aliphatic carbocycles.